The minimum Gasteiger partial charge on any atom is -0.497 e. The van der Waals surface area contributed by atoms with Gasteiger partial charge in [0.1, 0.15) is 17.8 Å². The molecule has 0 aliphatic rings. The van der Waals surface area contributed by atoms with Crippen molar-refractivity contribution in [2.45, 2.75) is 17.7 Å². The third-order valence-electron chi connectivity index (χ3n) is 2.30. The topological polar surface area (TPSA) is 35.5 Å². The predicted molar refractivity (Wildman–Crippen MR) is 65.7 cm³/mol. The van der Waals surface area contributed by atoms with Crippen molar-refractivity contribution < 1.29 is 14.3 Å². The number of ether oxygens (including phenoxy) is 2. The zero-order chi connectivity index (χ0) is 12.0. The van der Waals surface area contributed by atoms with Crippen LogP contribution in [-0.4, -0.2) is 26.8 Å². The van der Waals surface area contributed by atoms with Gasteiger partial charge in [0.15, 0.2) is 0 Å². The molecular weight excluding hydrogens is 224 g/mol. The van der Waals surface area contributed by atoms with Crippen LogP contribution in [0, 0.1) is 0 Å². The number of aldehydes is 1. The zero-order valence-corrected chi connectivity index (χ0v) is 10.6. The second kappa shape index (κ2) is 6.43. The summed E-state index contributed by atoms with van der Waals surface area (Å²) in [6, 6.07) is 3.86. The summed E-state index contributed by atoms with van der Waals surface area (Å²) in [6.45, 7) is 0. The number of thioether (sulfide) groups is 1. The molecule has 0 saturated carbocycles. The first-order chi connectivity index (χ1) is 7.76. The van der Waals surface area contributed by atoms with Gasteiger partial charge in [-0.25, -0.2) is 0 Å². The van der Waals surface area contributed by atoms with Crippen LogP contribution < -0.4 is 9.47 Å². The summed E-state index contributed by atoms with van der Waals surface area (Å²) in [7, 11) is 3.28. The monoisotopic (exact) mass is 240 g/mol. The van der Waals surface area contributed by atoms with Crippen LogP contribution in [0.1, 0.15) is 12.0 Å². The highest BCUT2D eigenvalue weighted by Crippen LogP contribution is 2.35. The Labute approximate surface area is 100 Å². The van der Waals surface area contributed by atoms with Gasteiger partial charge in [-0.15, -0.1) is 11.8 Å². The standard InChI is InChI=1S/C12H16O3S/c1-14-10-7-9(5-4-6-13)12(15-2)11(8-10)16-3/h6-8H,4-5H2,1-3H3. The van der Waals surface area contributed by atoms with Crippen molar-refractivity contribution >= 4 is 18.0 Å². The molecule has 0 aliphatic carbocycles. The molecule has 16 heavy (non-hydrogen) atoms. The molecule has 0 heterocycles. The van der Waals surface area contributed by atoms with Crippen LogP contribution in [0.2, 0.25) is 0 Å². The summed E-state index contributed by atoms with van der Waals surface area (Å²) in [5, 5.41) is 0. The third kappa shape index (κ3) is 2.92. The minimum absolute atomic E-state index is 0.497. The molecule has 0 bridgehead atoms. The number of hydrogen-bond acceptors (Lipinski definition) is 4. The van der Waals surface area contributed by atoms with E-state index in [1.54, 1.807) is 26.0 Å². The zero-order valence-electron chi connectivity index (χ0n) is 9.78. The first-order valence-electron chi connectivity index (χ1n) is 4.99. The van der Waals surface area contributed by atoms with Crippen molar-refractivity contribution in [3.05, 3.63) is 17.7 Å². The molecule has 0 amide bonds. The van der Waals surface area contributed by atoms with Gasteiger partial charge in [0.05, 0.1) is 19.1 Å². The molecule has 0 unspecified atom stereocenters. The lowest BCUT2D eigenvalue weighted by Crippen LogP contribution is -1.97. The molecule has 1 aromatic rings. The molecule has 88 valence electrons. The second-order valence-corrected chi connectivity index (χ2v) is 4.08. The van der Waals surface area contributed by atoms with Crippen molar-refractivity contribution in [3.8, 4) is 11.5 Å². The lowest BCUT2D eigenvalue weighted by Gasteiger charge is -2.13. The summed E-state index contributed by atoms with van der Waals surface area (Å²) in [5.41, 5.74) is 1.01. The molecule has 0 N–H and O–H groups in total. The Morgan fingerprint density at radius 1 is 1.31 bits per heavy atom. The van der Waals surface area contributed by atoms with Crippen molar-refractivity contribution in [2.75, 3.05) is 20.5 Å². The minimum atomic E-state index is 0.497. The van der Waals surface area contributed by atoms with E-state index in [-0.39, 0.29) is 0 Å². The predicted octanol–water partition coefficient (Wildman–Crippen LogP) is 2.56. The van der Waals surface area contributed by atoms with Gasteiger partial charge >= 0.3 is 0 Å². The molecular formula is C12H16O3S. The van der Waals surface area contributed by atoms with Crippen molar-refractivity contribution in [1.29, 1.82) is 0 Å². The molecule has 0 spiro atoms. The van der Waals surface area contributed by atoms with E-state index in [1.165, 1.54) is 0 Å². The van der Waals surface area contributed by atoms with Gasteiger partial charge in [0.25, 0.3) is 0 Å². The number of methoxy groups -OCH3 is 2. The van der Waals surface area contributed by atoms with Crippen LogP contribution in [0.25, 0.3) is 0 Å². The molecule has 3 nitrogen and oxygen atoms in total. The maximum Gasteiger partial charge on any atom is 0.135 e. The second-order valence-electron chi connectivity index (χ2n) is 3.23. The fourth-order valence-corrected chi connectivity index (χ4v) is 2.17. The highest BCUT2D eigenvalue weighted by atomic mass is 32.2. The Hall–Kier alpha value is -1.16. The van der Waals surface area contributed by atoms with Gasteiger partial charge in [-0.2, -0.15) is 0 Å². The molecule has 1 rings (SSSR count). The van der Waals surface area contributed by atoms with Gasteiger partial charge in [0.2, 0.25) is 0 Å². The Morgan fingerprint density at radius 3 is 2.56 bits per heavy atom. The SMILES string of the molecule is COc1cc(CCC=O)c(OC)c(SC)c1. The number of aryl methyl sites for hydroxylation is 1. The summed E-state index contributed by atoms with van der Waals surface area (Å²) in [5.74, 6) is 1.64. The number of benzene rings is 1. The van der Waals surface area contributed by atoms with Crippen molar-refractivity contribution in [1.82, 2.24) is 0 Å². The third-order valence-corrected chi connectivity index (χ3v) is 3.04. The van der Waals surface area contributed by atoms with Gasteiger partial charge in [-0.1, -0.05) is 0 Å². The summed E-state index contributed by atoms with van der Waals surface area (Å²) >= 11 is 1.60. The highest BCUT2D eigenvalue weighted by molar-refractivity contribution is 7.98. The van der Waals surface area contributed by atoms with Gasteiger partial charge in [-0.3, -0.25) is 0 Å². The molecule has 0 aliphatic heterocycles. The van der Waals surface area contributed by atoms with Crippen molar-refractivity contribution in [3.63, 3.8) is 0 Å². The highest BCUT2D eigenvalue weighted by Gasteiger charge is 2.11. The Morgan fingerprint density at radius 2 is 2.06 bits per heavy atom. The number of rotatable bonds is 6. The molecule has 0 radical (unpaired) electrons. The van der Waals surface area contributed by atoms with E-state index < -0.39 is 0 Å². The fourth-order valence-electron chi connectivity index (χ4n) is 1.53. The quantitative estimate of drug-likeness (QED) is 0.565. The maximum atomic E-state index is 10.4. The molecule has 1 aromatic carbocycles. The molecule has 0 aromatic heterocycles. The van der Waals surface area contributed by atoms with Crippen LogP contribution in [0.15, 0.2) is 17.0 Å². The van der Waals surface area contributed by atoms with E-state index in [1.807, 2.05) is 18.4 Å². The van der Waals surface area contributed by atoms with E-state index in [4.69, 9.17) is 9.47 Å². The van der Waals surface area contributed by atoms with Crippen LogP contribution in [-0.2, 0) is 11.2 Å². The first-order valence-corrected chi connectivity index (χ1v) is 6.21. The lowest BCUT2D eigenvalue weighted by atomic mass is 10.1. The van der Waals surface area contributed by atoms with Crippen LogP contribution >= 0.6 is 11.8 Å². The van der Waals surface area contributed by atoms with E-state index >= 15 is 0 Å². The molecule has 0 fully saturated rings. The van der Waals surface area contributed by atoms with E-state index in [0.717, 1.165) is 28.2 Å². The Kier molecular flexibility index (Phi) is 5.19. The first kappa shape index (κ1) is 12.9. The normalized spacial score (nSPS) is 9.94. The van der Waals surface area contributed by atoms with E-state index in [0.29, 0.717) is 12.8 Å². The summed E-state index contributed by atoms with van der Waals surface area (Å²) in [4.78, 5) is 11.4. The van der Waals surface area contributed by atoms with E-state index in [9.17, 15) is 4.79 Å². The summed E-state index contributed by atoms with van der Waals surface area (Å²) < 4.78 is 10.6. The summed E-state index contributed by atoms with van der Waals surface area (Å²) in [6.07, 6.45) is 4.08. The van der Waals surface area contributed by atoms with Crippen molar-refractivity contribution in [2.24, 2.45) is 0 Å². The lowest BCUT2D eigenvalue weighted by molar-refractivity contribution is -0.107. The smallest absolute Gasteiger partial charge is 0.135 e. The van der Waals surface area contributed by atoms with Gasteiger partial charge in [-0.05, 0) is 30.4 Å². The van der Waals surface area contributed by atoms with Crippen LogP contribution in [0.4, 0.5) is 0 Å². The van der Waals surface area contributed by atoms with Crippen LogP contribution in [0.5, 0.6) is 11.5 Å². The maximum absolute atomic E-state index is 10.4. The van der Waals surface area contributed by atoms with E-state index in [2.05, 4.69) is 0 Å². The van der Waals surface area contributed by atoms with Gasteiger partial charge in [0, 0.05) is 6.42 Å². The molecule has 0 atom stereocenters. The number of hydrogen-bond donors (Lipinski definition) is 0. The Bertz CT molecular complexity index is 364. The largest absolute Gasteiger partial charge is 0.497 e. The average molecular weight is 240 g/mol. The fraction of sp³-hybridized carbons (Fsp3) is 0.417. The average Bonchev–Trinajstić information content (AvgIpc) is 2.34. The van der Waals surface area contributed by atoms with Crippen LogP contribution in [0.3, 0.4) is 0 Å². The van der Waals surface area contributed by atoms with Gasteiger partial charge < -0.3 is 14.3 Å². The molecule has 4 heteroatoms. The number of carbonyl (C=O) groups is 1. The molecule has 0 saturated heterocycles. The Balaban J connectivity index is 3.14. The number of carbonyl (C=O) groups excluding carboxylic acids is 1.